The molecule has 2 aromatic carbocycles. The van der Waals surface area contributed by atoms with Gasteiger partial charge in [-0.25, -0.2) is 0 Å². The lowest BCUT2D eigenvalue weighted by atomic mass is 10.1. The molecule has 4 N–H and O–H groups in total. The second kappa shape index (κ2) is 8.91. The van der Waals surface area contributed by atoms with Gasteiger partial charge in [-0.1, -0.05) is 59.6 Å². The van der Waals surface area contributed by atoms with Gasteiger partial charge >= 0.3 is 0 Å². The number of hydrogen-bond acceptors (Lipinski definition) is 2. The van der Waals surface area contributed by atoms with E-state index in [-0.39, 0.29) is 5.96 Å². The van der Waals surface area contributed by atoms with Crippen LogP contribution in [0.15, 0.2) is 70.9 Å². The third kappa shape index (κ3) is 6.28. The zero-order valence-corrected chi connectivity index (χ0v) is 14.2. The van der Waals surface area contributed by atoms with Gasteiger partial charge in [0.2, 0.25) is 5.96 Å². The van der Waals surface area contributed by atoms with Gasteiger partial charge in [0.25, 0.3) is 0 Å². The molecule has 0 radical (unpaired) electrons. The fourth-order valence-corrected chi connectivity index (χ4v) is 2.22. The van der Waals surface area contributed by atoms with E-state index >= 15 is 0 Å². The van der Waals surface area contributed by atoms with E-state index in [1.165, 1.54) is 0 Å². The van der Waals surface area contributed by atoms with Crippen LogP contribution in [0.4, 0.5) is 0 Å². The zero-order chi connectivity index (χ0) is 17.4. The Hall–Kier alpha value is -2.56. The molecule has 6 heteroatoms. The molecule has 0 fully saturated rings. The Morgan fingerprint density at radius 3 is 1.71 bits per heavy atom. The largest absolute Gasteiger partial charge is 0.369 e. The molecule has 122 valence electrons. The maximum Gasteiger partial charge on any atom is 0.211 e. The first kappa shape index (κ1) is 17.8. The molecule has 0 saturated carbocycles. The van der Waals surface area contributed by atoms with Crippen molar-refractivity contribution in [2.24, 2.45) is 21.7 Å². The van der Waals surface area contributed by atoms with Crippen LogP contribution in [0.25, 0.3) is 12.2 Å². The molecule has 0 aliphatic rings. The molecule has 0 aliphatic carbocycles. The third-order valence-electron chi connectivity index (χ3n) is 2.87. The van der Waals surface area contributed by atoms with Crippen LogP contribution in [0.1, 0.15) is 11.1 Å². The lowest BCUT2D eigenvalue weighted by Gasteiger charge is -1.97. The highest BCUT2D eigenvalue weighted by Gasteiger charge is 1.94. The van der Waals surface area contributed by atoms with Gasteiger partial charge in [-0.2, -0.15) is 0 Å². The van der Waals surface area contributed by atoms with Crippen molar-refractivity contribution in [3.05, 3.63) is 81.9 Å². The van der Waals surface area contributed by atoms with Crippen LogP contribution in [0.3, 0.4) is 0 Å². The van der Waals surface area contributed by atoms with E-state index in [9.17, 15) is 0 Å². The SMILES string of the molecule is NC(N)=NN=C(C=Cc1cccc(Cl)c1)C=Cc1cccc(Cl)c1. The number of benzene rings is 2. The summed E-state index contributed by atoms with van der Waals surface area (Å²) in [5.74, 6) is -0.111. The van der Waals surface area contributed by atoms with Gasteiger partial charge in [0, 0.05) is 10.0 Å². The Bertz CT molecular complexity index is 762. The van der Waals surface area contributed by atoms with Crippen molar-refractivity contribution < 1.29 is 0 Å². The minimum Gasteiger partial charge on any atom is -0.369 e. The lowest BCUT2D eigenvalue weighted by Crippen LogP contribution is -2.22. The van der Waals surface area contributed by atoms with Gasteiger partial charge in [-0.15, -0.1) is 10.2 Å². The highest BCUT2D eigenvalue weighted by Crippen LogP contribution is 2.13. The first-order valence-electron chi connectivity index (χ1n) is 7.07. The summed E-state index contributed by atoms with van der Waals surface area (Å²) < 4.78 is 0. The van der Waals surface area contributed by atoms with Crippen LogP contribution >= 0.6 is 23.2 Å². The van der Waals surface area contributed by atoms with Crippen molar-refractivity contribution in [1.82, 2.24) is 0 Å². The summed E-state index contributed by atoms with van der Waals surface area (Å²) in [6, 6.07) is 14.9. The van der Waals surface area contributed by atoms with Crippen molar-refractivity contribution in [3.63, 3.8) is 0 Å². The second-order valence-corrected chi connectivity index (χ2v) is 5.70. The van der Waals surface area contributed by atoms with Crippen molar-refractivity contribution in [3.8, 4) is 0 Å². The van der Waals surface area contributed by atoms with E-state index in [1.54, 1.807) is 12.2 Å². The van der Waals surface area contributed by atoms with Gasteiger partial charge in [-0.3, -0.25) is 0 Å². The number of halogens is 2. The summed E-state index contributed by atoms with van der Waals surface area (Å²) in [4.78, 5) is 0. The van der Waals surface area contributed by atoms with Crippen molar-refractivity contribution in [2.45, 2.75) is 0 Å². The van der Waals surface area contributed by atoms with E-state index in [0.29, 0.717) is 15.8 Å². The predicted octanol–water partition coefficient (Wildman–Crippen LogP) is 4.35. The first-order valence-corrected chi connectivity index (χ1v) is 7.82. The number of rotatable bonds is 5. The Morgan fingerprint density at radius 1 is 0.792 bits per heavy atom. The number of nitrogens with zero attached hydrogens (tertiary/aromatic N) is 2. The number of nitrogens with two attached hydrogens (primary N) is 2. The molecular weight excluding hydrogens is 343 g/mol. The second-order valence-electron chi connectivity index (χ2n) is 4.83. The van der Waals surface area contributed by atoms with Crippen molar-refractivity contribution >= 4 is 47.0 Å². The fourth-order valence-electron chi connectivity index (χ4n) is 1.82. The Balaban J connectivity index is 2.25. The minimum absolute atomic E-state index is 0.111. The third-order valence-corrected chi connectivity index (χ3v) is 3.34. The Morgan fingerprint density at radius 2 is 1.29 bits per heavy atom. The van der Waals surface area contributed by atoms with Crippen molar-refractivity contribution in [2.75, 3.05) is 0 Å². The molecule has 0 heterocycles. The van der Waals surface area contributed by atoms with Gasteiger partial charge in [-0.05, 0) is 47.5 Å². The zero-order valence-electron chi connectivity index (χ0n) is 12.7. The quantitative estimate of drug-likeness (QED) is 0.473. The number of allylic oxidation sites excluding steroid dienone is 2. The highest BCUT2D eigenvalue weighted by atomic mass is 35.5. The van der Waals surface area contributed by atoms with Gasteiger partial charge in [0.05, 0.1) is 5.71 Å². The molecule has 0 saturated heterocycles. The molecule has 4 nitrogen and oxygen atoms in total. The molecule has 2 rings (SSSR count). The van der Waals surface area contributed by atoms with E-state index in [4.69, 9.17) is 34.7 Å². The smallest absolute Gasteiger partial charge is 0.211 e. The topological polar surface area (TPSA) is 76.8 Å². The summed E-state index contributed by atoms with van der Waals surface area (Å²) >= 11 is 11.9. The number of guanidine groups is 1. The van der Waals surface area contributed by atoms with Crippen LogP contribution in [0.2, 0.25) is 10.0 Å². The monoisotopic (exact) mass is 358 g/mol. The molecule has 0 atom stereocenters. The Kier molecular flexibility index (Phi) is 6.61. The van der Waals surface area contributed by atoms with Crippen LogP contribution in [-0.4, -0.2) is 11.7 Å². The fraction of sp³-hybridized carbons (Fsp3) is 0. The molecule has 0 aliphatic heterocycles. The summed E-state index contributed by atoms with van der Waals surface area (Å²) in [7, 11) is 0. The molecular formula is C18H16Cl2N4. The van der Waals surface area contributed by atoms with Gasteiger partial charge < -0.3 is 11.5 Å². The van der Waals surface area contributed by atoms with E-state index in [2.05, 4.69) is 10.2 Å². The van der Waals surface area contributed by atoms with E-state index in [0.717, 1.165) is 11.1 Å². The molecule has 0 unspecified atom stereocenters. The normalized spacial score (nSPS) is 10.9. The minimum atomic E-state index is -0.111. The van der Waals surface area contributed by atoms with Crippen molar-refractivity contribution in [1.29, 1.82) is 0 Å². The maximum atomic E-state index is 5.97. The van der Waals surface area contributed by atoms with Crippen LogP contribution in [0.5, 0.6) is 0 Å². The maximum absolute atomic E-state index is 5.97. The van der Waals surface area contributed by atoms with Gasteiger partial charge in [0.1, 0.15) is 0 Å². The first-order chi connectivity index (χ1) is 11.5. The summed E-state index contributed by atoms with van der Waals surface area (Å²) in [5, 5.41) is 9.03. The Labute approximate surface area is 150 Å². The average molecular weight is 359 g/mol. The molecule has 0 bridgehead atoms. The van der Waals surface area contributed by atoms with Crippen LogP contribution in [-0.2, 0) is 0 Å². The molecule has 24 heavy (non-hydrogen) atoms. The molecule has 0 spiro atoms. The summed E-state index contributed by atoms with van der Waals surface area (Å²) in [6.07, 6.45) is 7.32. The van der Waals surface area contributed by atoms with Crippen LogP contribution < -0.4 is 11.5 Å². The van der Waals surface area contributed by atoms with E-state index in [1.807, 2.05) is 60.7 Å². The highest BCUT2D eigenvalue weighted by molar-refractivity contribution is 6.31. The molecule has 0 amide bonds. The molecule has 0 aromatic heterocycles. The summed E-state index contributed by atoms with van der Waals surface area (Å²) in [5.41, 5.74) is 13.1. The molecule has 2 aromatic rings. The standard InChI is InChI=1S/C18H16Cl2N4/c19-15-5-1-3-13(11-15)7-9-17(23-24-18(21)22)10-8-14-4-2-6-16(20)12-14/h1-12H,(H4,21,22,24). The predicted molar refractivity (Wildman–Crippen MR) is 104 cm³/mol. The average Bonchev–Trinajstić information content (AvgIpc) is 2.54. The van der Waals surface area contributed by atoms with Crippen LogP contribution in [0, 0.1) is 0 Å². The lowest BCUT2D eigenvalue weighted by molar-refractivity contribution is 1.21. The van der Waals surface area contributed by atoms with Gasteiger partial charge in [0.15, 0.2) is 0 Å². The summed E-state index contributed by atoms with van der Waals surface area (Å²) in [6.45, 7) is 0. The number of hydrogen-bond donors (Lipinski definition) is 2. The van der Waals surface area contributed by atoms with E-state index < -0.39 is 0 Å².